The van der Waals surface area contributed by atoms with Crippen LogP contribution in [0.4, 0.5) is 0 Å². The molecule has 4 aromatic rings. The smallest absolute Gasteiger partial charge is 0.271 e. The fourth-order valence-electron chi connectivity index (χ4n) is 3.58. The van der Waals surface area contributed by atoms with Crippen LogP contribution < -0.4 is 10.2 Å². The molecule has 0 saturated heterocycles. The molecule has 4 rings (SSSR count). The van der Waals surface area contributed by atoms with E-state index in [2.05, 4.69) is 55.6 Å². The van der Waals surface area contributed by atoms with Gasteiger partial charge in [-0.1, -0.05) is 75.4 Å². The second-order valence-corrected chi connectivity index (χ2v) is 9.02. The molecule has 1 N–H and O–H groups in total. The number of carbonyl (C=O) groups is 1. The first-order valence-electron chi connectivity index (χ1n) is 11.0. The summed E-state index contributed by atoms with van der Waals surface area (Å²) in [7, 11) is 0. The van der Waals surface area contributed by atoms with Gasteiger partial charge in [-0.3, -0.25) is 4.79 Å². The van der Waals surface area contributed by atoms with Crippen LogP contribution in [0.2, 0.25) is 0 Å². The molecule has 4 nitrogen and oxygen atoms in total. The van der Waals surface area contributed by atoms with Crippen LogP contribution in [0.3, 0.4) is 0 Å². The third kappa shape index (κ3) is 5.66. The normalized spacial score (nSPS) is 11.6. The summed E-state index contributed by atoms with van der Waals surface area (Å²) >= 11 is 0. The lowest BCUT2D eigenvalue weighted by Gasteiger charge is -2.18. The standard InChI is InChI=1S/C29H28N2O2/c1-29(2,3)25-15-13-23(14-16-25)28(32)31-30-19-21-11-17-26(18-12-21)33-20-24-9-6-8-22-7-4-5-10-27(22)24/h4-19H,20H2,1-3H3,(H,31,32)/b30-19-. The molecule has 0 atom stereocenters. The van der Waals surface area contributed by atoms with Gasteiger partial charge in [-0.2, -0.15) is 5.10 Å². The number of ether oxygens (including phenoxy) is 1. The first kappa shape index (κ1) is 22.3. The Bertz CT molecular complexity index is 1260. The number of nitrogens with zero attached hydrogens (tertiary/aromatic N) is 1. The molecule has 4 heteroatoms. The number of rotatable bonds is 6. The van der Waals surface area contributed by atoms with Gasteiger partial charge in [-0.15, -0.1) is 0 Å². The zero-order valence-corrected chi connectivity index (χ0v) is 19.2. The van der Waals surface area contributed by atoms with Crippen LogP contribution in [0.15, 0.2) is 96.1 Å². The Kier molecular flexibility index (Phi) is 6.55. The lowest BCUT2D eigenvalue weighted by molar-refractivity contribution is 0.0955. The average molecular weight is 437 g/mol. The number of fused-ring (bicyclic) bond motifs is 1. The fraction of sp³-hybridized carbons (Fsp3) is 0.172. The lowest BCUT2D eigenvalue weighted by Crippen LogP contribution is -2.18. The van der Waals surface area contributed by atoms with Crippen LogP contribution in [0.5, 0.6) is 5.75 Å². The molecule has 0 bridgehead atoms. The van der Waals surface area contributed by atoms with E-state index >= 15 is 0 Å². The number of benzene rings is 4. The quantitative estimate of drug-likeness (QED) is 0.278. The summed E-state index contributed by atoms with van der Waals surface area (Å²) in [4.78, 5) is 12.3. The van der Waals surface area contributed by atoms with E-state index in [0.717, 1.165) is 16.9 Å². The molecule has 0 heterocycles. The van der Waals surface area contributed by atoms with Gasteiger partial charge in [0.2, 0.25) is 0 Å². The van der Waals surface area contributed by atoms with Gasteiger partial charge in [0.1, 0.15) is 12.4 Å². The van der Waals surface area contributed by atoms with Crippen molar-refractivity contribution in [3.63, 3.8) is 0 Å². The summed E-state index contributed by atoms with van der Waals surface area (Å²) in [5.41, 5.74) is 6.42. The molecule has 4 aromatic carbocycles. The zero-order valence-electron chi connectivity index (χ0n) is 19.2. The highest BCUT2D eigenvalue weighted by atomic mass is 16.5. The minimum Gasteiger partial charge on any atom is -0.489 e. The highest BCUT2D eigenvalue weighted by Crippen LogP contribution is 2.22. The van der Waals surface area contributed by atoms with Gasteiger partial charge in [0.15, 0.2) is 0 Å². The van der Waals surface area contributed by atoms with Crippen LogP contribution >= 0.6 is 0 Å². The van der Waals surface area contributed by atoms with Gasteiger partial charge in [0.05, 0.1) is 6.21 Å². The number of nitrogens with one attached hydrogen (secondary N) is 1. The molecular formula is C29H28N2O2. The average Bonchev–Trinajstić information content (AvgIpc) is 2.83. The van der Waals surface area contributed by atoms with Gasteiger partial charge in [-0.05, 0) is 69.3 Å². The second-order valence-electron chi connectivity index (χ2n) is 9.02. The van der Waals surface area contributed by atoms with Crippen molar-refractivity contribution in [1.82, 2.24) is 5.43 Å². The molecule has 33 heavy (non-hydrogen) atoms. The van der Waals surface area contributed by atoms with Gasteiger partial charge < -0.3 is 4.74 Å². The van der Waals surface area contributed by atoms with Crippen molar-refractivity contribution in [1.29, 1.82) is 0 Å². The first-order chi connectivity index (χ1) is 15.9. The third-order valence-electron chi connectivity index (χ3n) is 5.55. The highest BCUT2D eigenvalue weighted by molar-refractivity contribution is 5.95. The highest BCUT2D eigenvalue weighted by Gasteiger charge is 2.14. The Morgan fingerprint density at radius 1 is 0.879 bits per heavy atom. The van der Waals surface area contributed by atoms with Crippen molar-refractivity contribution in [3.05, 3.63) is 113 Å². The summed E-state index contributed by atoms with van der Waals surface area (Å²) in [5, 5.41) is 6.49. The van der Waals surface area contributed by atoms with E-state index < -0.39 is 0 Å². The van der Waals surface area contributed by atoms with Gasteiger partial charge in [-0.25, -0.2) is 5.43 Å². The van der Waals surface area contributed by atoms with Crippen LogP contribution in [-0.2, 0) is 12.0 Å². The summed E-state index contributed by atoms with van der Waals surface area (Å²) in [5.74, 6) is 0.546. The van der Waals surface area contributed by atoms with Crippen molar-refractivity contribution in [2.24, 2.45) is 5.10 Å². The lowest BCUT2D eigenvalue weighted by atomic mass is 9.87. The molecular weight excluding hydrogens is 408 g/mol. The molecule has 0 aliphatic carbocycles. The van der Waals surface area contributed by atoms with Gasteiger partial charge in [0.25, 0.3) is 5.91 Å². The Hall–Kier alpha value is -3.92. The Morgan fingerprint density at radius 3 is 2.30 bits per heavy atom. The van der Waals surface area contributed by atoms with Gasteiger partial charge >= 0.3 is 0 Å². The molecule has 0 aromatic heterocycles. The minimum atomic E-state index is -0.234. The number of carbonyl (C=O) groups excluding carboxylic acids is 1. The van der Waals surface area contributed by atoms with Crippen LogP contribution in [0.25, 0.3) is 10.8 Å². The molecule has 0 unspecified atom stereocenters. The molecule has 0 aliphatic heterocycles. The predicted molar refractivity (Wildman–Crippen MR) is 135 cm³/mol. The maximum Gasteiger partial charge on any atom is 0.271 e. The van der Waals surface area contributed by atoms with E-state index in [1.165, 1.54) is 16.3 Å². The molecule has 166 valence electrons. The maximum absolute atomic E-state index is 12.3. The first-order valence-corrected chi connectivity index (χ1v) is 11.0. The van der Waals surface area contributed by atoms with E-state index in [-0.39, 0.29) is 11.3 Å². The molecule has 0 saturated carbocycles. The third-order valence-corrected chi connectivity index (χ3v) is 5.55. The topological polar surface area (TPSA) is 50.7 Å². The largest absolute Gasteiger partial charge is 0.489 e. The van der Waals surface area contributed by atoms with Crippen LogP contribution in [0, 0.1) is 0 Å². The maximum atomic E-state index is 12.3. The zero-order chi connectivity index (χ0) is 23.3. The van der Waals surface area contributed by atoms with Crippen molar-refractivity contribution >= 4 is 22.9 Å². The minimum absolute atomic E-state index is 0.0535. The number of hydrazone groups is 1. The number of hydrogen-bond donors (Lipinski definition) is 1. The predicted octanol–water partition coefficient (Wildman–Crippen LogP) is 6.48. The SMILES string of the molecule is CC(C)(C)c1ccc(C(=O)N/N=C\c2ccc(OCc3cccc4ccccc34)cc2)cc1. The van der Waals surface area contributed by atoms with Gasteiger partial charge in [0, 0.05) is 5.56 Å². The Labute approximate surface area is 194 Å². The van der Waals surface area contributed by atoms with Crippen molar-refractivity contribution < 1.29 is 9.53 Å². The molecule has 0 aliphatic rings. The second kappa shape index (κ2) is 9.70. The summed E-state index contributed by atoms with van der Waals surface area (Å²) in [6.45, 7) is 6.93. The van der Waals surface area contributed by atoms with E-state index in [9.17, 15) is 4.79 Å². The van der Waals surface area contributed by atoms with E-state index in [4.69, 9.17) is 4.74 Å². The number of amides is 1. The molecule has 0 radical (unpaired) electrons. The molecule has 0 spiro atoms. The Balaban J connectivity index is 1.32. The summed E-state index contributed by atoms with van der Waals surface area (Å²) in [6.07, 6.45) is 1.62. The van der Waals surface area contributed by atoms with E-state index in [0.29, 0.717) is 12.2 Å². The van der Waals surface area contributed by atoms with Crippen molar-refractivity contribution in [2.75, 3.05) is 0 Å². The summed E-state index contributed by atoms with van der Waals surface area (Å²) < 4.78 is 5.97. The van der Waals surface area contributed by atoms with E-state index in [1.807, 2.05) is 66.7 Å². The fourth-order valence-corrected chi connectivity index (χ4v) is 3.58. The summed E-state index contributed by atoms with van der Waals surface area (Å²) in [6, 6.07) is 29.8. The number of hydrogen-bond acceptors (Lipinski definition) is 3. The monoisotopic (exact) mass is 436 g/mol. The molecule has 0 fully saturated rings. The molecule has 1 amide bonds. The van der Waals surface area contributed by atoms with E-state index in [1.54, 1.807) is 6.21 Å². The van der Waals surface area contributed by atoms with Crippen molar-refractivity contribution in [3.8, 4) is 5.75 Å². The van der Waals surface area contributed by atoms with Crippen molar-refractivity contribution in [2.45, 2.75) is 32.8 Å². The van der Waals surface area contributed by atoms with Crippen LogP contribution in [-0.4, -0.2) is 12.1 Å². The van der Waals surface area contributed by atoms with Crippen LogP contribution in [0.1, 0.15) is 47.8 Å². The Morgan fingerprint density at radius 2 is 1.58 bits per heavy atom.